The largest absolute Gasteiger partial charge is 0.384 e. The minimum absolute atomic E-state index is 0. The standard InChI is InChI=1S/C21H24FN3.C14H13FN4.C6H10O.CH4/c1-14-9-19-17(13-24-21(19)23-12-14)11-16-7-8-18(25-20(16)22)10-15-5-3-2-4-6-15;1-8-4-11-10(7-18-14(11)17-6-8)5-9-2-3-12(16)19-13(9)15;7-6-4-2-1-3-5-6;/h7-9,12-13,15H,2-6,10-11H2,1H3,(H,23,24);2-4,6-7H,5H2,1H3,(H2,16,19)(H,17,18);1-5H2;1H4. The van der Waals surface area contributed by atoms with Crippen LogP contribution in [0.4, 0.5) is 14.6 Å². The van der Waals surface area contributed by atoms with Crippen LogP contribution in [-0.2, 0) is 24.1 Å². The van der Waals surface area contributed by atoms with E-state index in [4.69, 9.17) is 5.73 Å². The van der Waals surface area contributed by atoms with Gasteiger partial charge in [-0.15, -0.1) is 0 Å². The van der Waals surface area contributed by atoms with Crippen LogP contribution in [0.2, 0.25) is 0 Å². The van der Waals surface area contributed by atoms with Crippen molar-refractivity contribution in [3.05, 3.63) is 112 Å². The number of pyridine rings is 4. The summed E-state index contributed by atoms with van der Waals surface area (Å²) in [5.74, 6) is 0.483. The molecule has 6 heterocycles. The first-order valence-corrected chi connectivity index (χ1v) is 18.1. The molecule has 0 atom stereocenters. The molecule has 52 heavy (non-hydrogen) atoms. The number of anilines is 1. The maximum atomic E-state index is 14.5. The summed E-state index contributed by atoms with van der Waals surface area (Å²) >= 11 is 0. The molecule has 0 aromatic carbocycles. The van der Waals surface area contributed by atoms with Crippen LogP contribution in [0, 0.1) is 31.7 Å². The molecule has 6 aromatic rings. The number of carbonyl (C=O) groups is 1. The summed E-state index contributed by atoms with van der Waals surface area (Å²) < 4.78 is 28.2. The zero-order chi connectivity index (χ0) is 35.7. The summed E-state index contributed by atoms with van der Waals surface area (Å²) in [4.78, 5) is 33.3. The van der Waals surface area contributed by atoms with Gasteiger partial charge >= 0.3 is 0 Å². The van der Waals surface area contributed by atoms with E-state index < -0.39 is 5.95 Å². The lowest BCUT2D eigenvalue weighted by molar-refractivity contribution is -0.120. The predicted molar refractivity (Wildman–Crippen MR) is 205 cm³/mol. The van der Waals surface area contributed by atoms with Crippen molar-refractivity contribution in [2.45, 2.75) is 105 Å². The molecule has 0 unspecified atom stereocenters. The maximum absolute atomic E-state index is 14.5. The Morgan fingerprint density at radius 1 is 0.712 bits per heavy atom. The van der Waals surface area contributed by atoms with Gasteiger partial charge < -0.3 is 15.7 Å². The Bertz CT molecular complexity index is 2090. The Labute approximate surface area is 305 Å². The van der Waals surface area contributed by atoms with Crippen LogP contribution in [0.5, 0.6) is 0 Å². The zero-order valence-electron chi connectivity index (χ0n) is 29.6. The molecule has 0 aliphatic heterocycles. The quantitative estimate of drug-likeness (QED) is 0.148. The van der Waals surface area contributed by atoms with Crippen LogP contribution in [0.25, 0.3) is 22.1 Å². The van der Waals surface area contributed by atoms with Crippen LogP contribution in [0.15, 0.2) is 61.2 Å². The number of aryl methyl sites for hydroxylation is 2. The SMILES string of the molecule is C.Cc1cnc2[nH]cc(Cc3ccc(CC4CCCCC4)nc3F)c2c1.Cc1cnc2[nH]cc(Cc3ccc(N)nc3F)c2c1.O=C1CCCCC1. The van der Waals surface area contributed by atoms with Crippen LogP contribution in [-0.4, -0.2) is 35.7 Å². The van der Waals surface area contributed by atoms with Gasteiger partial charge in [-0.25, -0.2) is 19.9 Å². The number of carbonyl (C=O) groups excluding carboxylic acids is 1. The first-order valence-electron chi connectivity index (χ1n) is 18.1. The highest BCUT2D eigenvalue weighted by Gasteiger charge is 2.17. The van der Waals surface area contributed by atoms with Gasteiger partial charge in [0.15, 0.2) is 0 Å². The molecule has 10 heteroatoms. The highest BCUT2D eigenvalue weighted by molar-refractivity contribution is 5.81. The molecule has 0 radical (unpaired) electrons. The van der Waals surface area contributed by atoms with E-state index in [0.717, 1.165) is 82.1 Å². The molecule has 8 nitrogen and oxygen atoms in total. The topological polar surface area (TPSA) is 126 Å². The van der Waals surface area contributed by atoms with E-state index in [2.05, 4.69) is 36.0 Å². The van der Waals surface area contributed by atoms with E-state index in [1.807, 2.05) is 50.6 Å². The number of nitrogens with zero attached hydrogens (tertiary/aromatic N) is 4. The van der Waals surface area contributed by atoms with Crippen molar-refractivity contribution in [1.82, 2.24) is 29.9 Å². The fourth-order valence-corrected chi connectivity index (χ4v) is 7.02. The van der Waals surface area contributed by atoms with E-state index in [-0.39, 0.29) is 19.2 Å². The average molecular weight is 708 g/mol. The summed E-state index contributed by atoms with van der Waals surface area (Å²) in [6, 6.07) is 11.3. The number of ketones is 1. The van der Waals surface area contributed by atoms with Gasteiger partial charge in [0.05, 0.1) is 0 Å². The van der Waals surface area contributed by atoms with E-state index in [1.54, 1.807) is 18.3 Å². The summed E-state index contributed by atoms with van der Waals surface area (Å²) in [5.41, 5.74) is 13.4. The van der Waals surface area contributed by atoms with Gasteiger partial charge in [0.1, 0.15) is 22.9 Å². The summed E-state index contributed by atoms with van der Waals surface area (Å²) in [6.45, 7) is 4.00. The third-order valence-corrected chi connectivity index (χ3v) is 9.83. The molecule has 0 saturated heterocycles. The van der Waals surface area contributed by atoms with Crippen LogP contribution >= 0.6 is 0 Å². The second-order valence-electron chi connectivity index (χ2n) is 14.0. The van der Waals surface area contributed by atoms with Gasteiger partial charge in [-0.1, -0.05) is 58.1 Å². The van der Waals surface area contributed by atoms with Crippen molar-refractivity contribution in [1.29, 1.82) is 0 Å². The molecule has 2 fully saturated rings. The highest BCUT2D eigenvalue weighted by atomic mass is 19.1. The number of halogens is 2. The molecule has 0 amide bonds. The van der Waals surface area contributed by atoms with Gasteiger partial charge in [-0.3, -0.25) is 4.79 Å². The minimum Gasteiger partial charge on any atom is -0.384 e. The molecule has 8 rings (SSSR count). The monoisotopic (exact) mass is 707 g/mol. The molecule has 2 aliphatic rings. The average Bonchev–Trinajstić information content (AvgIpc) is 3.71. The van der Waals surface area contributed by atoms with Gasteiger partial charge in [-0.05, 0) is 85.5 Å². The molecular formula is C42H51F2N7O. The number of nitrogens with one attached hydrogen (secondary N) is 2. The maximum Gasteiger partial charge on any atom is 0.218 e. The molecule has 0 spiro atoms. The van der Waals surface area contributed by atoms with Crippen LogP contribution < -0.4 is 5.73 Å². The second-order valence-corrected chi connectivity index (χ2v) is 14.0. The Morgan fingerprint density at radius 2 is 1.23 bits per heavy atom. The van der Waals surface area contributed by atoms with Crippen molar-refractivity contribution in [3.8, 4) is 0 Å². The number of aromatic amines is 2. The third-order valence-electron chi connectivity index (χ3n) is 9.83. The lowest BCUT2D eigenvalue weighted by Crippen LogP contribution is -2.11. The number of Topliss-reactive ketones (excluding diaryl/α,β-unsaturated/α-hetero) is 1. The summed E-state index contributed by atoms with van der Waals surface area (Å²) in [5, 5.41) is 2.07. The van der Waals surface area contributed by atoms with Gasteiger partial charge in [0.2, 0.25) is 11.9 Å². The van der Waals surface area contributed by atoms with E-state index >= 15 is 0 Å². The van der Waals surface area contributed by atoms with E-state index in [1.165, 1.54) is 38.5 Å². The molecule has 2 aliphatic carbocycles. The van der Waals surface area contributed by atoms with E-state index in [9.17, 15) is 13.6 Å². The molecule has 4 N–H and O–H groups in total. The normalized spacial score (nSPS) is 14.7. The van der Waals surface area contributed by atoms with Crippen molar-refractivity contribution in [2.75, 3.05) is 5.73 Å². The molecule has 2 saturated carbocycles. The number of H-pyrrole nitrogens is 2. The fourth-order valence-electron chi connectivity index (χ4n) is 7.02. The van der Waals surface area contributed by atoms with Gasteiger partial charge in [-0.2, -0.15) is 8.78 Å². The van der Waals surface area contributed by atoms with Crippen LogP contribution in [0.3, 0.4) is 0 Å². The molecule has 0 bridgehead atoms. The lowest BCUT2D eigenvalue weighted by Gasteiger charge is -2.21. The van der Waals surface area contributed by atoms with Crippen molar-refractivity contribution in [2.24, 2.45) is 5.92 Å². The number of aromatic nitrogens is 6. The smallest absolute Gasteiger partial charge is 0.218 e. The number of hydrogen-bond donors (Lipinski definition) is 3. The number of nitrogens with two attached hydrogens (primary N) is 1. The number of nitrogen functional groups attached to an aromatic ring is 1. The van der Waals surface area contributed by atoms with Crippen molar-refractivity contribution < 1.29 is 13.6 Å². The predicted octanol–water partition coefficient (Wildman–Crippen LogP) is 9.85. The lowest BCUT2D eigenvalue weighted by atomic mass is 9.86. The van der Waals surface area contributed by atoms with E-state index in [0.29, 0.717) is 35.7 Å². The molecule has 6 aromatic heterocycles. The summed E-state index contributed by atoms with van der Waals surface area (Å²) in [6.07, 6.45) is 21.0. The minimum atomic E-state index is -0.519. The van der Waals surface area contributed by atoms with Gasteiger partial charge in [0.25, 0.3) is 0 Å². The number of hydrogen-bond acceptors (Lipinski definition) is 6. The summed E-state index contributed by atoms with van der Waals surface area (Å²) in [7, 11) is 0. The van der Waals surface area contributed by atoms with Gasteiger partial charge in [0, 0.05) is 78.1 Å². The highest BCUT2D eigenvalue weighted by Crippen LogP contribution is 2.28. The van der Waals surface area contributed by atoms with Crippen LogP contribution in [0.1, 0.15) is 111 Å². The third kappa shape index (κ3) is 10.1. The Balaban J connectivity index is 0.000000171. The zero-order valence-corrected chi connectivity index (χ0v) is 29.6. The first kappa shape index (κ1) is 38.2. The Kier molecular flexibility index (Phi) is 13.2. The second kappa shape index (κ2) is 18.0. The number of fused-ring (bicyclic) bond motifs is 2. The Morgan fingerprint density at radius 3 is 1.73 bits per heavy atom. The van der Waals surface area contributed by atoms with Crippen molar-refractivity contribution >= 4 is 33.7 Å². The number of rotatable bonds is 6. The Hall–Kier alpha value is -4.99. The fraction of sp³-hybridized carbons (Fsp3) is 0.405. The van der Waals surface area contributed by atoms with Crippen molar-refractivity contribution in [3.63, 3.8) is 0 Å². The molecular weight excluding hydrogens is 657 g/mol. The molecule has 274 valence electrons. The first-order chi connectivity index (χ1) is 24.7.